The van der Waals surface area contributed by atoms with Gasteiger partial charge in [0.15, 0.2) is 0 Å². The third kappa shape index (κ3) is 1.99. The second-order valence-electron chi connectivity index (χ2n) is 5.24. The molecular weight excluding hydrogens is 148 g/mol. The maximum absolute atomic E-state index is 2.58. The summed E-state index contributed by atoms with van der Waals surface area (Å²) in [5, 5.41) is 0. The number of rotatable bonds is 1. The molecule has 1 atom stereocenters. The first-order chi connectivity index (χ1) is 5.37. The van der Waals surface area contributed by atoms with E-state index in [1.54, 1.807) is 0 Å². The molecule has 0 unspecified atom stereocenters. The fraction of sp³-hybridized carbons (Fsp3) is 1.00. The van der Waals surface area contributed by atoms with Gasteiger partial charge in [-0.05, 0) is 27.7 Å². The van der Waals surface area contributed by atoms with Gasteiger partial charge in [-0.25, -0.2) is 4.90 Å². The SMILES string of the molecule is CC[N@+]1(C)CCN(C(C)(C)C)C1. The van der Waals surface area contributed by atoms with E-state index >= 15 is 0 Å². The lowest BCUT2D eigenvalue weighted by Gasteiger charge is -2.33. The summed E-state index contributed by atoms with van der Waals surface area (Å²) in [6.45, 7) is 14.2. The van der Waals surface area contributed by atoms with Crippen LogP contribution in [0.25, 0.3) is 0 Å². The van der Waals surface area contributed by atoms with E-state index in [0.717, 1.165) is 0 Å². The molecule has 0 aromatic heterocycles. The maximum atomic E-state index is 2.58. The molecule has 2 heteroatoms. The highest BCUT2D eigenvalue weighted by molar-refractivity contribution is 4.76. The Labute approximate surface area is 76.7 Å². The Morgan fingerprint density at radius 2 is 1.92 bits per heavy atom. The van der Waals surface area contributed by atoms with Gasteiger partial charge in [0.05, 0.1) is 26.7 Å². The summed E-state index contributed by atoms with van der Waals surface area (Å²) in [5.74, 6) is 0. The number of hydrogen-bond donors (Lipinski definition) is 0. The summed E-state index contributed by atoms with van der Waals surface area (Å²) in [5.41, 5.74) is 0.352. The van der Waals surface area contributed by atoms with Gasteiger partial charge in [-0.3, -0.25) is 0 Å². The lowest BCUT2D eigenvalue weighted by molar-refractivity contribution is -0.900. The molecule has 72 valence electrons. The van der Waals surface area contributed by atoms with Crippen molar-refractivity contribution in [2.45, 2.75) is 33.2 Å². The van der Waals surface area contributed by atoms with E-state index in [-0.39, 0.29) is 0 Å². The van der Waals surface area contributed by atoms with E-state index in [1.165, 1.54) is 30.8 Å². The fourth-order valence-corrected chi connectivity index (χ4v) is 1.72. The molecule has 1 saturated heterocycles. The molecule has 1 aliphatic rings. The summed E-state index contributed by atoms with van der Waals surface area (Å²) in [4.78, 5) is 2.58. The van der Waals surface area contributed by atoms with Crippen molar-refractivity contribution >= 4 is 0 Å². The third-order valence-electron chi connectivity index (χ3n) is 3.13. The lowest BCUT2D eigenvalue weighted by Crippen LogP contribution is -2.46. The van der Waals surface area contributed by atoms with Gasteiger partial charge in [0.1, 0.15) is 6.67 Å². The van der Waals surface area contributed by atoms with Crippen molar-refractivity contribution in [2.24, 2.45) is 0 Å². The van der Waals surface area contributed by atoms with Crippen LogP contribution in [0.1, 0.15) is 27.7 Å². The Hall–Kier alpha value is -0.0800. The molecule has 12 heavy (non-hydrogen) atoms. The van der Waals surface area contributed by atoms with Crippen molar-refractivity contribution in [1.29, 1.82) is 0 Å². The molecule has 2 nitrogen and oxygen atoms in total. The Morgan fingerprint density at radius 3 is 2.17 bits per heavy atom. The lowest BCUT2D eigenvalue weighted by atomic mass is 10.1. The van der Waals surface area contributed by atoms with Crippen molar-refractivity contribution in [3.05, 3.63) is 0 Å². The van der Waals surface area contributed by atoms with E-state index in [0.29, 0.717) is 5.54 Å². The number of likely N-dealkylation sites (N-methyl/N-ethyl adjacent to an activating group) is 1. The Bertz CT molecular complexity index is 160. The molecule has 1 rings (SSSR count). The molecule has 0 spiro atoms. The van der Waals surface area contributed by atoms with Gasteiger partial charge in [-0.2, -0.15) is 0 Å². The second kappa shape index (κ2) is 3.00. The normalized spacial score (nSPS) is 32.8. The minimum absolute atomic E-state index is 0.352. The standard InChI is InChI=1S/C10H23N2/c1-6-12(5)8-7-11(9-12)10(2,3)4/h6-9H2,1-5H3/q+1/t12-/m1/s1. The summed E-state index contributed by atoms with van der Waals surface area (Å²) >= 11 is 0. The van der Waals surface area contributed by atoms with Gasteiger partial charge in [0, 0.05) is 5.54 Å². The van der Waals surface area contributed by atoms with Crippen molar-refractivity contribution in [3.63, 3.8) is 0 Å². The topological polar surface area (TPSA) is 3.24 Å². The van der Waals surface area contributed by atoms with Crippen molar-refractivity contribution in [1.82, 2.24) is 4.90 Å². The van der Waals surface area contributed by atoms with Crippen LogP contribution in [0.4, 0.5) is 0 Å². The molecule has 0 aliphatic carbocycles. The van der Waals surface area contributed by atoms with Gasteiger partial charge < -0.3 is 4.48 Å². The molecule has 1 heterocycles. The second-order valence-corrected chi connectivity index (χ2v) is 5.24. The van der Waals surface area contributed by atoms with Gasteiger partial charge in [0.2, 0.25) is 0 Å². The van der Waals surface area contributed by atoms with E-state index in [9.17, 15) is 0 Å². The Morgan fingerprint density at radius 1 is 1.33 bits per heavy atom. The van der Waals surface area contributed by atoms with Crippen LogP contribution in [-0.4, -0.2) is 48.3 Å². The molecular formula is C10H23N2+. The molecule has 0 bridgehead atoms. The van der Waals surface area contributed by atoms with Crippen LogP contribution in [0.5, 0.6) is 0 Å². The van der Waals surface area contributed by atoms with Crippen LogP contribution in [-0.2, 0) is 0 Å². The average molecular weight is 171 g/mol. The Balaban J connectivity index is 2.57. The minimum Gasteiger partial charge on any atom is -0.313 e. The highest BCUT2D eigenvalue weighted by Gasteiger charge is 2.36. The first-order valence-corrected chi connectivity index (χ1v) is 4.96. The van der Waals surface area contributed by atoms with E-state index < -0.39 is 0 Å². The van der Waals surface area contributed by atoms with Gasteiger partial charge in [-0.15, -0.1) is 0 Å². The molecule has 1 aliphatic heterocycles. The van der Waals surface area contributed by atoms with Crippen LogP contribution in [0.3, 0.4) is 0 Å². The fourth-order valence-electron chi connectivity index (χ4n) is 1.72. The van der Waals surface area contributed by atoms with Gasteiger partial charge >= 0.3 is 0 Å². The number of quaternary nitrogens is 1. The molecule has 0 N–H and O–H groups in total. The predicted octanol–water partition coefficient (Wildman–Crippen LogP) is 1.52. The highest BCUT2D eigenvalue weighted by Crippen LogP contribution is 2.21. The highest BCUT2D eigenvalue weighted by atomic mass is 15.5. The number of nitrogens with zero attached hydrogens (tertiary/aromatic N) is 2. The van der Waals surface area contributed by atoms with E-state index in [4.69, 9.17) is 0 Å². The van der Waals surface area contributed by atoms with Crippen molar-refractivity contribution < 1.29 is 4.48 Å². The van der Waals surface area contributed by atoms with Crippen LogP contribution in [0.15, 0.2) is 0 Å². The Kier molecular flexibility index (Phi) is 2.50. The molecule has 1 fully saturated rings. The molecule has 0 aromatic rings. The van der Waals surface area contributed by atoms with Crippen LogP contribution < -0.4 is 0 Å². The predicted molar refractivity (Wildman–Crippen MR) is 52.9 cm³/mol. The summed E-state index contributed by atoms with van der Waals surface area (Å²) in [6, 6.07) is 0. The van der Waals surface area contributed by atoms with Crippen LogP contribution in [0, 0.1) is 0 Å². The van der Waals surface area contributed by atoms with Crippen LogP contribution in [0.2, 0.25) is 0 Å². The molecule has 0 saturated carbocycles. The van der Waals surface area contributed by atoms with Crippen molar-refractivity contribution in [2.75, 3.05) is 33.4 Å². The monoisotopic (exact) mass is 171 g/mol. The largest absolute Gasteiger partial charge is 0.313 e. The first kappa shape index (κ1) is 10.0. The molecule has 0 radical (unpaired) electrons. The first-order valence-electron chi connectivity index (χ1n) is 4.96. The zero-order valence-electron chi connectivity index (χ0n) is 9.22. The van der Waals surface area contributed by atoms with Gasteiger partial charge in [0.25, 0.3) is 0 Å². The minimum atomic E-state index is 0.352. The van der Waals surface area contributed by atoms with Crippen molar-refractivity contribution in [3.8, 4) is 0 Å². The molecule has 0 aromatic carbocycles. The van der Waals surface area contributed by atoms with E-state index in [2.05, 4.69) is 39.6 Å². The zero-order valence-corrected chi connectivity index (χ0v) is 9.22. The summed E-state index contributed by atoms with van der Waals surface area (Å²) in [7, 11) is 2.35. The van der Waals surface area contributed by atoms with Crippen LogP contribution >= 0.6 is 0 Å². The summed E-state index contributed by atoms with van der Waals surface area (Å²) < 4.78 is 1.22. The average Bonchev–Trinajstić information content (AvgIpc) is 2.32. The van der Waals surface area contributed by atoms with E-state index in [1.807, 2.05) is 0 Å². The maximum Gasteiger partial charge on any atom is 0.135 e. The third-order valence-corrected chi connectivity index (χ3v) is 3.13. The molecule has 0 amide bonds. The quantitative estimate of drug-likeness (QED) is 0.541. The zero-order chi connectivity index (χ0) is 9.41. The summed E-state index contributed by atoms with van der Waals surface area (Å²) in [6.07, 6.45) is 0. The smallest absolute Gasteiger partial charge is 0.135 e. The number of hydrogen-bond acceptors (Lipinski definition) is 1. The van der Waals surface area contributed by atoms with Gasteiger partial charge in [-0.1, -0.05) is 0 Å².